The largest absolute Gasteiger partial charge is 0.493 e. The van der Waals surface area contributed by atoms with Crippen LogP contribution in [0, 0.1) is 0 Å². The molecule has 1 fully saturated rings. The summed E-state index contributed by atoms with van der Waals surface area (Å²) in [6.45, 7) is 4.98. The van der Waals surface area contributed by atoms with E-state index < -0.39 is 0 Å². The molecule has 1 atom stereocenters. The number of carbonyl (C=O) groups is 1. The Balaban J connectivity index is 0.000000924. The molecule has 126 valence electrons. The van der Waals surface area contributed by atoms with Gasteiger partial charge in [0.25, 0.3) is 0 Å². The Bertz CT molecular complexity index is 609. The smallest absolute Gasteiger partial charge is 0.161 e. The van der Waals surface area contributed by atoms with Crippen LogP contribution in [0.4, 0.5) is 0 Å². The lowest BCUT2D eigenvalue weighted by atomic mass is 9.70. The van der Waals surface area contributed by atoms with Gasteiger partial charge >= 0.3 is 0 Å². The molecule has 1 aromatic rings. The molecule has 1 aliphatic carbocycles. The fourth-order valence-electron chi connectivity index (χ4n) is 3.61. The van der Waals surface area contributed by atoms with Crippen molar-refractivity contribution in [2.45, 2.75) is 38.5 Å². The van der Waals surface area contributed by atoms with E-state index in [1.165, 1.54) is 5.56 Å². The van der Waals surface area contributed by atoms with Gasteiger partial charge in [-0.1, -0.05) is 19.9 Å². The van der Waals surface area contributed by atoms with Crippen molar-refractivity contribution in [3.63, 3.8) is 0 Å². The van der Waals surface area contributed by atoms with Crippen LogP contribution in [0.5, 0.6) is 11.5 Å². The van der Waals surface area contributed by atoms with Gasteiger partial charge in [-0.15, -0.1) is 0 Å². The van der Waals surface area contributed by atoms with Crippen LogP contribution in [0.15, 0.2) is 30.0 Å². The molecular weight excluding hydrogens is 290 g/mol. The minimum atomic E-state index is -0.0534. The van der Waals surface area contributed by atoms with E-state index in [4.69, 9.17) is 9.47 Å². The molecule has 3 rings (SSSR count). The molecular formula is C19H27NO3. The van der Waals surface area contributed by atoms with Crippen LogP contribution >= 0.6 is 0 Å². The molecule has 4 nitrogen and oxygen atoms in total. The Morgan fingerprint density at radius 2 is 1.78 bits per heavy atom. The normalized spacial score (nSPS) is 22.7. The number of fused-ring (bicyclic) bond motifs is 1. The van der Waals surface area contributed by atoms with Crippen molar-refractivity contribution in [3.8, 4) is 11.5 Å². The zero-order chi connectivity index (χ0) is 17.0. The summed E-state index contributed by atoms with van der Waals surface area (Å²) in [5, 5.41) is 0. The van der Waals surface area contributed by atoms with Crippen molar-refractivity contribution in [3.05, 3.63) is 35.5 Å². The van der Waals surface area contributed by atoms with Crippen molar-refractivity contribution in [2.75, 3.05) is 27.8 Å². The van der Waals surface area contributed by atoms with Gasteiger partial charge in [0.05, 0.1) is 14.2 Å². The Morgan fingerprint density at radius 1 is 1.09 bits per heavy atom. The molecule has 0 amide bonds. The Labute approximate surface area is 139 Å². The first-order valence-corrected chi connectivity index (χ1v) is 8.29. The second kappa shape index (κ2) is 7.07. The molecule has 1 unspecified atom stereocenters. The first-order chi connectivity index (χ1) is 11.1. The highest BCUT2D eigenvalue weighted by atomic mass is 16.5. The van der Waals surface area contributed by atoms with Gasteiger partial charge in [0.1, 0.15) is 0 Å². The average molecular weight is 317 g/mol. The minimum absolute atomic E-state index is 0.0534. The molecule has 0 saturated carbocycles. The van der Waals surface area contributed by atoms with Crippen molar-refractivity contribution in [1.82, 2.24) is 4.90 Å². The summed E-state index contributed by atoms with van der Waals surface area (Å²) in [6.07, 6.45) is 4.36. The minimum Gasteiger partial charge on any atom is -0.493 e. The summed E-state index contributed by atoms with van der Waals surface area (Å²) in [4.78, 5) is 14.0. The molecule has 1 aromatic carbocycles. The molecule has 0 N–H and O–H groups in total. The third-order valence-electron chi connectivity index (χ3n) is 4.81. The number of benzene rings is 1. The van der Waals surface area contributed by atoms with Crippen molar-refractivity contribution in [1.29, 1.82) is 0 Å². The monoisotopic (exact) mass is 317 g/mol. The van der Waals surface area contributed by atoms with Crippen LogP contribution in [0.1, 0.15) is 38.7 Å². The fourth-order valence-corrected chi connectivity index (χ4v) is 3.61. The summed E-state index contributed by atoms with van der Waals surface area (Å²) >= 11 is 0. The van der Waals surface area contributed by atoms with Gasteiger partial charge in [0.15, 0.2) is 17.3 Å². The van der Waals surface area contributed by atoms with E-state index >= 15 is 0 Å². The van der Waals surface area contributed by atoms with Crippen LogP contribution < -0.4 is 9.47 Å². The Morgan fingerprint density at radius 3 is 2.43 bits per heavy atom. The van der Waals surface area contributed by atoms with Crippen LogP contribution in [0.25, 0.3) is 0 Å². The van der Waals surface area contributed by atoms with Gasteiger partial charge in [-0.3, -0.25) is 4.79 Å². The molecule has 1 aliphatic heterocycles. The molecule has 4 heteroatoms. The maximum absolute atomic E-state index is 11.8. The number of ether oxygens (including phenoxy) is 2. The molecule has 1 heterocycles. The summed E-state index contributed by atoms with van der Waals surface area (Å²) in [6, 6.07) is 6.11. The number of ketones is 1. The molecule has 0 radical (unpaired) electrons. The molecule has 1 saturated heterocycles. The van der Waals surface area contributed by atoms with Crippen LogP contribution in [0.3, 0.4) is 0 Å². The molecule has 0 aromatic heterocycles. The maximum Gasteiger partial charge on any atom is 0.161 e. The van der Waals surface area contributed by atoms with E-state index in [-0.39, 0.29) is 11.2 Å². The summed E-state index contributed by atoms with van der Waals surface area (Å²) in [5.41, 5.74) is 2.30. The van der Waals surface area contributed by atoms with Gasteiger partial charge in [-0.25, -0.2) is 0 Å². The first-order valence-electron chi connectivity index (χ1n) is 8.29. The number of rotatable bonds is 3. The summed E-state index contributed by atoms with van der Waals surface area (Å²) < 4.78 is 10.8. The zero-order valence-corrected chi connectivity index (χ0v) is 14.8. The summed E-state index contributed by atoms with van der Waals surface area (Å²) in [5.74, 6) is 1.71. The van der Waals surface area contributed by atoms with E-state index in [1.54, 1.807) is 14.2 Å². The number of likely N-dealkylation sites (N-methyl/N-ethyl adjacent to an activating group) is 1. The molecule has 2 aliphatic rings. The topological polar surface area (TPSA) is 38.8 Å². The number of hydrogen-bond donors (Lipinski definition) is 0. The second-order valence-electron chi connectivity index (χ2n) is 5.82. The van der Waals surface area contributed by atoms with Gasteiger partial charge in [0.2, 0.25) is 0 Å². The quantitative estimate of drug-likeness (QED) is 0.854. The maximum atomic E-state index is 11.8. The number of hydrogen-bond acceptors (Lipinski definition) is 4. The number of carbonyl (C=O) groups excluding carboxylic acids is 1. The van der Waals surface area contributed by atoms with Crippen molar-refractivity contribution < 1.29 is 14.3 Å². The van der Waals surface area contributed by atoms with Gasteiger partial charge < -0.3 is 14.4 Å². The van der Waals surface area contributed by atoms with E-state index in [9.17, 15) is 4.79 Å². The van der Waals surface area contributed by atoms with E-state index in [1.807, 2.05) is 26.0 Å². The third-order valence-corrected chi connectivity index (χ3v) is 4.81. The van der Waals surface area contributed by atoms with Crippen LogP contribution in [-0.4, -0.2) is 38.5 Å². The second-order valence-corrected chi connectivity index (χ2v) is 5.82. The highest BCUT2D eigenvalue weighted by molar-refractivity contribution is 5.92. The highest BCUT2D eigenvalue weighted by Crippen LogP contribution is 2.49. The average Bonchev–Trinajstić information content (AvgIpc) is 2.94. The standard InChI is InChI=1S/C17H21NO3.C2H6/c1-18-9-8-17(7-6-13(19)11-16(17)18)12-4-5-14(20-2)15(10-12)21-3;1-2/h4-5,10-11H,6-9H2,1-3H3;1-2H3. The zero-order valence-electron chi connectivity index (χ0n) is 14.8. The Kier molecular flexibility index (Phi) is 5.34. The predicted octanol–water partition coefficient (Wildman–Crippen LogP) is 3.55. The SMILES string of the molecule is CC.COc1ccc(C23CCC(=O)C=C2N(C)CC3)cc1OC. The van der Waals surface area contributed by atoms with Crippen LogP contribution in [0.2, 0.25) is 0 Å². The van der Waals surface area contributed by atoms with Gasteiger partial charge in [-0.2, -0.15) is 0 Å². The molecule has 23 heavy (non-hydrogen) atoms. The third kappa shape index (κ3) is 2.94. The van der Waals surface area contributed by atoms with Gasteiger partial charge in [-0.05, 0) is 30.5 Å². The molecule has 0 bridgehead atoms. The lowest BCUT2D eigenvalue weighted by molar-refractivity contribution is -0.115. The first kappa shape index (κ1) is 17.4. The van der Waals surface area contributed by atoms with Crippen LogP contribution in [-0.2, 0) is 10.2 Å². The summed E-state index contributed by atoms with van der Waals surface area (Å²) in [7, 11) is 5.36. The number of likely N-dealkylation sites (tertiary alicyclic amines) is 1. The number of allylic oxidation sites excluding steroid dienone is 2. The number of methoxy groups -OCH3 is 2. The lowest BCUT2D eigenvalue weighted by Crippen LogP contribution is -2.32. The molecule has 0 spiro atoms. The van der Waals surface area contributed by atoms with E-state index in [0.29, 0.717) is 6.42 Å². The van der Waals surface area contributed by atoms with Crippen molar-refractivity contribution in [2.24, 2.45) is 0 Å². The van der Waals surface area contributed by atoms with Gasteiger partial charge in [0, 0.05) is 37.2 Å². The fraction of sp³-hybridized carbons (Fsp3) is 0.526. The Hall–Kier alpha value is -1.97. The highest BCUT2D eigenvalue weighted by Gasteiger charge is 2.45. The predicted molar refractivity (Wildman–Crippen MR) is 92.1 cm³/mol. The number of nitrogens with zero attached hydrogens (tertiary/aromatic N) is 1. The van der Waals surface area contributed by atoms with E-state index in [2.05, 4.69) is 24.1 Å². The van der Waals surface area contributed by atoms with E-state index in [0.717, 1.165) is 36.6 Å². The van der Waals surface area contributed by atoms with Crippen molar-refractivity contribution >= 4 is 5.78 Å². The lowest BCUT2D eigenvalue weighted by Gasteiger charge is -2.35.